The first-order valence-electron chi connectivity index (χ1n) is 25.3. The number of ether oxygens (including phenoxy) is 6. The summed E-state index contributed by atoms with van der Waals surface area (Å²) in [5, 5.41) is 27.5. The van der Waals surface area contributed by atoms with Gasteiger partial charge >= 0.3 is 12.2 Å². The predicted molar refractivity (Wildman–Crippen MR) is 262 cm³/mol. The molecule has 3 N–H and O–H groups in total. The van der Waals surface area contributed by atoms with E-state index in [1.165, 1.54) is 52.1 Å². The zero-order chi connectivity index (χ0) is 48.1. The third-order valence-electron chi connectivity index (χ3n) is 13.8. The second kappa shape index (κ2) is 27.2. The van der Waals surface area contributed by atoms with Gasteiger partial charge in [0.15, 0.2) is 11.5 Å². The number of nitrogens with one attached hydrogen (secondary N) is 1. The quantitative estimate of drug-likeness (QED) is 0.0387. The van der Waals surface area contributed by atoms with Crippen LogP contribution in [-0.4, -0.2) is 91.7 Å². The molecule has 2 aromatic rings. The fraction of sp³-hybridized carbons (Fsp3) is 0.611. The van der Waals surface area contributed by atoms with Crippen molar-refractivity contribution in [2.24, 2.45) is 22.9 Å². The highest BCUT2D eigenvalue weighted by molar-refractivity contribution is 6.03. The number of amides is 2. The summed E-state index contributed by atoms with van der Waals surface area (Å²) in [5.41, 5.74) is 3.15. The van der Waals surface area contributed by atoms with Crippen molar-refractivity contribution >= 4 is 17.9 Å². The minimum Gasteiger partial charge on any atom is -0.459 e. The lowest BCUT2D eigenvalue weighted by molar-refractivity contribution is -0.256. The van der Waals surface area contributed by atoms with Crippen LogP contribution in [0.15, 0.2) is 78.5 Å². The molecule has 6 unspecified atom stereocenters. The van der Waals surface area contributed by atoms with Gasteiger partial charge < -0.3 is 48.8 Å². The molecule has 2 aliphatic heterocycles. The van der Waals surface area contributed by atoms with Gasteiger partial charge in [-0.15, -0.1) is 13.2 Å². The van der Waals surface area contributed by atoms with Gasteiger partial charge in [-0.05, 0) is 91.8 Å². The molecule has 2 amide bonds. The number of aliphatic hydroxyl groups excluding tert-OH is 2. The van der Waals surface area contributed by atoms with Crippen LogP contribution in [0.1, 0.15) is 140 Å². The number of oxime groups is 1. The number of benzene rings is 2. The van der Waals surface area contributed by atoms with Crippen molar-refractivity contribution < 1.29 is 53.1 Å². The van der Waals surface area contributed by atoms with E-state index in [1.54, 1.807) is 23.1 Å². The number of hydrogen-bond acceptors (Lipinski definition) is 12. The van der Waals surface area contributed by atoms with Gasteiger partial charge in [0.05, 0.1) is 24.8 Å². The Morgan fingerprint density at radius 1 is 0.882 bits per heavy atom. The number of carbonyl (C=O) groups excluding carboxylic acids is 2. The van der Waals surface area contributed by atoms with Crippen LogP contribution >= 0.6 is 0 Å². The van der Waals surface area contributed by atoms with Gasteiger partial charge in [-0.3, -0.25) is 4.90 Å². The van der Waals surface area contributed by atoms with Crippen molar-refractivity contribution in [3.05, 3.63) is 84.5 Å². The molecule has 0 saturated heterocycles. The van der Waals surface area contributed by atoms with Crippen molar-refractivity contribution in [2.75, 3.05) is 46.9 Å². The van der Waals surface area contributed by atoms with Gasteiger partial charge in [-0.25, -0.2) is 9.59 Å². The minimum absolute atomic E-state index is 0.0202. The van der Waals surface area contributed by atoms with Gasteiger partial charge in [0.1, 0.15) is 24.7 Å². The topological polar surface area (TPSA) is 167 Å². The highest BCUT2D eigenvalue weighted by Gasteiger charge is 2.65. The number of hydrogen-bond donors (Lipinski definition) is 3. The summed E-state index contributed by atoms with van der Waals surface area (Å²) >= 11 is 0. The average molecular weight is 944 g/mol. The fourth-order valence-corrected chi connectivity index (χ4v) is 10.6. The summed E-state index contributed by atoms with van der Waals surface area (Å²) in [6, 6.07) is 10.3. The summed E-state index contributed by atoms with van der Waals surface area (Å²) < 4.78 is 37.8. The Hall–Kier alpha value is -5.05. The third-order valence-corrected chi connectivity index (χ3v) is 13.8. The molecule has 1 saturated carbocycles. The zero-order valence-electron chi connectivity index (χ0n) is 40.6. The van der Waals surface area contributed by atoms with Crippen LogP contribution in [0.4, 0.5) is 9.59 Å². The molecule has 374 valence electrons. The average Bonchev–Trinajstić information content (AvgIpc) is 3.82. The Bertz CT molecular complexity index is 2010. The van der Waals surface area contributed by atoms with E-state index >= 15 is 0 Å². The van der Waals surface area contributed by atoms with Crippen LogP contribution in [0.3, 0.4) is 0 Å². The monoisotopic (exact) mass is 944 g/mol. The Morgan fingerprint density at radius 3 is 2.32 bits per heavy atom. The van der Waals surface area contributed by atoms with E-state index in [9.17, 15) is 19.8 Å². The maximum Gasteiger partial charge on any atom is 0.412 e. The van der Waals surface area contributed by atoms with E-state index in [0.717, 1.165) is 61.6 Å². The maximum absolute atomic E-state index is 14.7. The van der Waals surface area contributed by atoms with Gasteiger partial charge in [0.25, 0.3) is 0 Å². The highest BCUT2D eigenvalue weighted by atomic mass is 16.7. The molecule has 0 radical (unpaired) electrons. The first kappa shape index (κ1) is 52.3. The van der Waals surface area contributed by atoms with Gasteiger partial charge in [0.2, 0.25) is 12.6 Å². The van der Waals surface area contributed by atoms with Crippen LogP contribution in [0.5, 0.6) is 23.0 Å². The normalized spacial score (nSPS) is 22.6. The number of fused-ring (bicyclic) bond motifs is 3. The number of unbranched alkanes of at least 4 members (excludes halogenated alkanes) is 11. The van der Waals surface area contributed by atoms with E-state index < -0.39 is 29.9 Å². The van der Waals surface area contributed by atoms with Crippen LogP contribution in [-0.2, 0) is 20.9 Å². The number of carbonyl (C=O) groups is 2. The molecule has 0 aromatic heterocycles. The molecule has 0 bridgehead atoms. The number of allylic oxidation sites excluding steroid dienone is 1. The van der Waals surface area contributed by atoms with E-state index in [2.05, 4.69) is 36.6 Å². The molecule has 68 heavy (non-hydrogen) atoms. The van der Waals surface area contributed by atoms with Crippen LogP contribution < -0.4 is 24.3 Å². The third kappa shape index (κ3) is 13.4. The number of nitrogens with zero attached hydrogens (tertiary/aromatic N) is 2. The van der Waals surface area contributed by atoms with Gasteiger partial charge in [-0.2, -0.15) is 0 Å². The van der Waals surface area contributed by atoms with Crippen molar-refractivity contribution in [1.29, 1.82) is 0 Å². The largest absolute Gasteiger partial charge is 0.459 e. The molecular formula is C54H77N3O11. The SMILES string of the molecule is C=CCCOC(=O)N(Cc1ccc2c(c1)OCO2)C1CC(=NOC)C2=CC(CCCCO)C(CCCCO)C3c4cc(OC(=O)NCCCCCCCCCCCC)ccc4OC1(OCC=C)C23. The molecule has 4 aliphatic rings. The molecule has 6 atom stereocenters. The zero-order valence-corrected chi connectivity index (χ0v) is 40.6. The molecule has 2 heterocycles. The first-order valence-corrected chi connectivity index (χ1v) is 25.3. The maximum atomic E-state index is 14.7. The molecule has 2 aromatic carbocycles. The van der Waals surface area contributed by atoms with Crippen LogP contribution in [0, 0.1) is 17.8 Å². The molecule has 14 nitrogen and oxygen atoms in total. The van der Waals surface area contributed by atoms with Gasteiger partial charge in [-0.1, -0.05) is 107 Å². The lowest BCUT2D eigenvalue weighted by atomic mass is 9.55. The Morgan fingerprint density at radius 2 is 1.60 bits per heavy atom. The summed E-state index contributed by atoms with van der Waals surface area (Å²) in [5.74, 6) is -0.264. The molecule has 14 heteroatoms. The van der Waals surface area contributed by atoms with E-state index in [0.29, 0.717) is 54.5 Å². The summed E-state index contributed by atoms with van der Waals surface area (Å²) in [6.45, 7) is 11.2. The minimum atomic E-state index is -1.52. The second-order valence-corrected chi connectivity index (χ2v) is 18.5. The van der Waals surface area contributed by atoms with Crippen LogP contribution in [0.2, 0.25) is 0 Å². The summed E-state index contributed by atoms with van der Waals surface area (Å²) in [4.78, 5) is 35.3. The van der Waals surface area contributed by atoms with Crippen molar-refractivity contribution in [3.63, 3.8) is 0 Å². The van der Waals surface area contributed by atoms with E-state index in [4.69, 9.17) is 33.3 Å². The van der Waals surface area contributed by atoms with Crippen LogP contribution in [0.25, 0.3) is 0 Å². The smallest absolute Gasteiger partial charge is 0.412 e. The Balaban J connectivity index is 1.39. The second-order valence-electron chi connectivity index (χ2n) is 18.5. The Labute approximate surface area is 404 Å². The van der Waals surface area contributed by atoms with Gasteiger partial charge in [0, 0.05) is 44.2 Å². The summed E-state index contributed by atoms with van der Waals surface area (Å²) in [7, 11) is 1.51. The lowest BCUT2D eigenvalue weighted by Crippen LogP contribution is -2.70. The molecule has 2 aliphatic carbocycles. The first-order chi connectivity index (χ1) is 33.3. The molecule has 0 spiro atoms. The lowest BCUT2D eigenvalue weighted by Gasteiger charge is -2.59. The van der Waals surface area contributed by atoms with E-state index in [1.807, 2.05) is 30.3 Å². The number of aliphatic hydroxyl groups is 2. The summed E-state index contributed by atoms with van der Waals surface area (Å²) in [6.07, 6.45) is 21.6. The van der Waals surface area contributed by atoms with Crippen molar-refractivity contribution in [1.82, 2.24) is 10.2 Å². The number of rotatable bonds is 30. The molecule has 1 fully saturated rings. The van der Waals surface area contributed by atoms with Crippen molar-refractivity contribution in [3.8, 4) is 23.0 Å². The Kier molecular flexibility index (Phi) is 20.9. The standard InChI is InChI=1S/C54H77N3O11/c1-5-8-10-11-12-13-14-15-16-19-28-55-52(60)67-41-25-27-46-44(35-41)50-42(23-18-21-30-59)40(22-17-20-29-58)34-43-45(56-62-4)36-49(54(68-46,51(43)50)66-31-7-3)57(53(61)63-32-9-6-2)37-39-24-26-47-48(33-39)65-38-64-47/h6-7,24-27,33-35,40,42,49-51,58-59H,2-3,5,8-23,28-32,36-38H2,1,4H3,(H,55,60). The van der Waals surface area contributed by atoms with Crippen molar-refractivity contribution in [2.45, 2.75) is 147 Å². The fourth-order valence-electron chi connectivity index (χ4n) is 10.6. The van der Waals surface area contributed by atoms with E-state index in [-0.39, 0.29) is 63.9 Å². The molecule has 6 rings (SSSR count). The molecular weight excluding hydrogens is 867 g/mol. The highest BCUT2D eigenvalue weighted by Crippen LogP contribution is 2.62. The predicted octanol–water partition coefficient (Wildman–Crippen LogP) is 10.9.